The SMILES string of the molecule is CCC(NC(=O)c1c(O)c(-c2ccccc2)nc2ccccc12)c1ccccn1. The van der Waals surface area contributed by atoms with Crippen LogP contribution in [-0.2, 0) is 0 Å². The summed E-state index contributed by atoms with van der Waals surface area (Å²) in [5, 5.41) is 14.7. The molecule has 1 amide bonds. The highest BCUT2D eigenvalue weighted by atomic mass is 16.3. The number of para-hydroxylation sites is 1. The molecule has 5 nitrogen and oxygen atoms in total. The van der Waals surface area contributed by atoms with E-state index in [4.69, 9.17) is 0 Å². The van der Waals surface area contributed by atoms with Gasteiger partial charge in [-0.25, -0.2) is 4.98 Å². The lowest BCUT2D eigenvalue weighted by Crippen LogP contribution is -2.29. The molecule has 0 aliphatic heterocycles. The molecule has 0 spiro atoms. The van der Waals surface area contributed by atoms with E-state index in [-0.39, 0.29) is 23.3 Å². The number of pyridine rings is 2. The van der Waals surface area contributed by atoms with Crippen molar-refractivity contribution in [3.05, 3.63) is 90.3 Å². The molecule has 2 aromatic heterocycles. The largest absolute Gasteiger partial charge is 0.505 e. The lowest BCUT2D eigenvalue weighted by Gasteiger charge is -2.18. The van der Waals surface area contributed by atoms with Gasteiger partial charge in [0, 0.05) is 17.1 Å². The standard InChI is InChI=1S/C24H21N3O2/c1-2-18(20-14-8-9-15-25-20)27-24(29)21-17-12-6-7-13-19(17)26-22(23(21)28)16-10-4-3-5-11-16/h3-15,18,28H,2H2,1H3,(H,27,29). The summed E-state index contributed by atoms with van der Waals surface area (Å²) >= 11 is 0. The second-order valence-corrected chi connectivity index (χ2v) is 6.76. The van der Waals surface area contributed by atoms with Gasteiger partial charge < -0.3 is 10.4 Å². The average molecular weight is 383 g/mol. The number of carbonyl (C=O) groups excluding carboxylic acids is 1. The van der Waals surface area contributed by atoms with E-state index in [1.165, 1.54) is 0 Å². The van der Waals surface area contributed by atoms with Crippen LogP contribution in [0.5, 0.6) is 5.75 Å². The van der Waals surface area contributed by atoms with E-state index >= 15 is 0 Å². The molecule has 0 radical (unpaired) electrons. The Bertz CT molecular complexity index is 1140. The first-order chi connectivity index (χ1) is 14.2. The van der Waals surface area contributed by atoms with Crippen molar-refractivity contribution in [1.82, 2.24) is 15.3 Å². The molecule has 4 rings (SSSR count). The highest BCUT2D eigenvalue weighted by molar-refractivity contribution is 6.10. The van der Waals surface area contributed by atoms with Crippen molar-refractivity contribution in [2.45, 2.75) is 19.4 Å². The van der Waals surface area contributed by atoms with Crippen molar-refractivity contribution in [3.8, 4) is 17.0 Å². The number of rotatable bonds is 5. The molecule has 29 heavy (non-hydrogen) atoms. The van der Waals surface area contributed by atoms with Gasteiger partial charge >= 0.3 is 0 Å². The first-order valence-electron chi connectivity index (χ1n) is 9.58. The molecule has 0 bridgehead atoms. The molecule has 0 aliphatic rings. The fraction of sp³-hybridized carbons (Fsp3) is 0.125. The van der Waals surface area contributed by atoms with Crippen molar-refractivity contribution < 1.29 is 9.90 Å². The maximum atomic E-state index is 13.3. The lowest BCUT2D eigenvalue weighted by molar-refractivity contribution is 0.0933. The van der Waals surface area contributed by atoms with Crippen LogP contribution >= 0.6 is 0 Å². The zero-order chi connectivity index (χ0) is 20.2. The zero-order valence-electron chi connectivity index (χ0n) is 16.0. The third-order valence-electron chi connectivity index (χ3n) is 4.90. The smallest absolute Gasteiger partial charge is 0.256 e. The summed E-state index contributed by atoms with van der Waals surface area (Å²) in [5.74, 6) is -0.473. The van der Waals surface area contributed by atoms with Gasteiger partial charge in [-0.2, -0.15) is 0 Å². The Kier molecular flexibility index (Phi) is 5.20. The number of hydrogen-bond donors (Lipinski definition) is 2. The van der Waals surface area contributed by atoms with Crippen molar-refractivity contribution >= 4 is 16.8 Å². The number of hydrogen-bond acceptors (Lipinski definition) is 4. The fourth-order valence-electron chi connectivity index (χ4n) is 3.43. The van der Waals surface area contributed by atoms with Crippen LogP contribution < -0.4 is 5.32 Å². The van der Waals surface area contributed by atoms with Crippen LogP contribution in [0.2, 0.25) is 0 Å². The predicted octanol–water partition coefficient (Wildman–Crippen LogP) is 4.88. The second kappa shape index (κ2) is 8.10. The summed E-state index contributed by atoms with van der Waals surface area (Å²) in [6.07, 6.45) is 2.38. The maximum absolute atomic E-state index is 13.3. The number of aromatic nitrogens is 2. The highest BCUT2D eigenvalue weighted by Crippen LogP contribution is 2.35. The van der Waals surface area contributed by atoms with E-state index in [0.717, 1.165) is 11.3 Å². The Balaban J connectivity index is 1.82. The fourth-order valence-corrected chi connectivity index (χ4v) is 3.43. The summed E-state index contributed by atoms with van der Waals surface area (Å²) in [4.78, 5) is 22.2. The Morgan fingerprint density at radius 3 is 2.45 bits per heavy atom. The summed E-state index contributed by atoms with van der Waals surface area (Å²) < 4.78 is 0. The Labute approximate surface area is 169 Å². The average Bonchev–Trinajstić information content (AvgIpc) is 2.78. The van der Waals surface area contributed by atoms with Gasteiger partial charge in [-0.3, -0.25) is 9.78 Å². The first-order valence-corrected chi connectivity index (χ1v) is 9.58. The van der Waals surface area contributed by atoms with Gasteiger partial charge in [-0.05, 0) is 24.6 Å². The van der Waals surface area contributed by atoms with Crippen LogP contribution in [0.25, 0.3) is 22.2 Å². The molecule has 0 saturated heterocycles. The zero-order valence-corrected chi connectivity index (χ0v) is 16.0. The van der Waals surface area contributed by atoms with Crippen LogP contribution in [0, 0.1) is 0 Å². The Morgan fingerprint density at radius 1 is 1.00 bits per heavy atom. The normalized spacial score (nSPS) is 11.9. The summed E-state index contributed by atoms with van der Waals surface area (Å²) in [7, 11) is 0. The van der Waals surface area contributed by atoms with Crippen LogP contribution in [0.1, 0.15) is 35.4 Å². The van der Waals surface area contributed by atoms with Gasteiger partial charge in [0.25, 0.3) is 5.91 Å². The van der Waals surface area contributed by atoms with E-state index in [1.54, 1.807) is 12.3 Å². The number of fused-ring (bicyclic) bond motifs is 1. The molecule has 5 heteroatoms. The summed E-state index contributed by atoms with van der Waals surface area (Å²) in [6.45, 7) is 1.99. The van der Waals surface area contributed by atoms with E-state index in [0.29, 0.717) is 23.0 Å². The van der Waals surface area contributed by atoms with Gasteiger partial charge in [0.05, 0.1) is 22.8 Å². The summed E-state index contributed by atoms with van der Waals surface area (Å²) in [5.41, 5.74) is 2.80. The molecule has 2 N–H and O–H groups in total. The second-order valence-electron chi connectivity index (χ2n) is 6.76. The van der Waals surface area contributed by atoms with Gasteiger partial charge in [0.15, 0.2) is 5.75 Å². The van der Waals surface area contributed by atoms with Gasteiger partial charge in [0.2, 0.25) is 0 Å². The van der Waals surface area contributed by atoms with Crippen LogP contribution in [0.15, 0.2) is 79.0 Å². The topological polar surface area (TPSA) is 75.1 Å². The van der Waals surface area contributed by atoms with E-state index < -0.39 is 0 Å². The van der Waals surface area contributed by atoms with Gasteiger partial charge in [0.1, 0.15) is 5.69 Å². The highest BCUT2D eigenvalue weighted by Gasteiger charge is 2.23. The number of nitrogens with zero attached hydrogens (tertiary/aromatic N) is 2. The lowest BCUT2D eigenvalue weighted by atomic mass is 10.0. The van der Waals surface area contributed by atoms with Crippen molar-refractivity contribution in [1.29, 1.82) is 0 Å². The number of amides is 1. The Hall–Kier alpha value is -3.73. The number of carbonyl (C=O) groups is 1. The monoisotopic (exact) mass is 383 g/mol. The molecular weight excluding hydrogens is 362 g/mol. The van der Waals surface area contributed by atoms with Crippen LogP contribution in [-0.4, -0.2) is 21.0 Å². The molecule has 144 valence electrons. The molecule has 4 aromatic rings. The van der Waals surface area contributed by atoms with E-state index in [9.17, 15) is 9.90 Å². The molecule has 0 fully saturated rings. The minimum atomic E-state index is -0.351. The Morgan fingerprint density at radius 2 is 1.72 bits per heavy atom. The van der Waals surface area contributed by atoms with E-state index in [1.807, 2.05) is 73.7 Å². The minimum Gasteiger partial charge on any atom is -0.505 e. The van der Waals surface area contributed by atoms with Gasteiger partial charge in [-0.1, -0.05) is 61.5 Å². The predicted molar refractivity (Wildman–Crippen MR) is 114 cm³/mol. The first kappa shape index (κ1) is 18.6. The van der Waals surface area contributed by atoms with E-state index in [2.05, 4.69) is 15.3 Å². The van der Waals surface area contributed by atoms with Crippen LogP contribution in [0.4, 0.5) is 0 Å². The molecule has 0 aliphatic carbocycles. The van der Waals surface area contributed by atoms with Gasteiger partial charge in [-0.15, -0.1) is 0 Å². The minimum absolute atomic E-state index is 0.122. The third-order valence-corrected chi connectivity index (χ3v) is 4.90. The number of benzene rings is 2. The van der Waals surface area contributed by atoms with Crippen molar-refractivity contribution in [3.63, 3.8) is 0 Å². The van der Waals surface area contributed by atoms with Crippen molar-refractivity contribution in [2.75, 3.05) is 0 Å². The number of nitrogens with one attached hydrogen (secondary N) is 1. The number of aromatic hydroxyl groups is 1. The quantitative estimate of drug-likeness (QED) is 0.515. The molecule has 0 saturated carbocycles. The third kappa shape index (κ3) is 3.67. The molecule has 1 unspecified atom stereocenters. The summed E-state index contributed by atoms with van der Waals surface area (Å²) in [6, 6.07) is 22.1. The van der Waals surface area contributed by atoms with Crippen LogP contribution in [0.3, 0.4) is 0 Å². The molecular formula is C24H21N3O2. The molecule has 2 aromatic carbocycles. The molecule has 2 heterocycles. The van der Waals surface area contributed by atoms with Crippen molar-refractivity contribution in [2.24, 2.45) is 0 Å². The molecule has 1 atom stereocenters. The maximum Gasteiger partial charge on any atom is 0.256 e.